The molecule has 1 fully saturated rings. The molecule has 0 unspecified atom stereocenters. The molecule has 1 saturated heterocycles. The van der Waals surface area contributed by atoms with Crippen LogP contribution in [0.25, 0.3) is 0 Å². The number of hydrogen-bond donors (Lipinski definition) is 1. The molecule has 1 N–H and O–H groups in total. The minimum Gasteiger partial charge on any atom is -0.314 e. The summed E-state index contributed by atoms with van der Waals surface area (Å²) in [6.45, 7) is 4.43. The van der Waals surface area contributed by atoms with Crippen molar-refractivity contribution >= 4 is 11.3 Å². The standard InChI is InChI=1S/C11H19N3S/c1-12-7-11-13-10(9-15-11)8-14-5-3-2-4-6-14/h9,12H,2-8H2,1H3. The highest BCUT2D eigenvalue weighted by Crippen LogP contribution is 2.15. The highest BCUT2D eigenvalue weighted by Gasteiger charge is 2.11. The van der Waals surface area contributed by atoms with Gasteiger partial charge in [-0.05, 0) is 33.0 Å². The number of piperidine rings is 1. The molecule has 0 aromatic carbocycles. The Balaban J connectivity index is 1.86. The van der Waals surface area contributed by atoms with E-state index < -0.39 is 0 Å². The van der Waals surface area contributed by atoms with Crippen LogP contribution in [-0.2, 0) is 13.1 Å². The Morgan fingerprint density at radius 2 is 2.20 bits per heavy atom. The van der Waals surface area contributed by atoms with Crippen LogP contribution < -0.4 is 5.32 Å². The molecule has 2 rings (SSSR count). The molecule has 0 bridgehead atoms. The van der Waals surface area contributed by atoms with Crippen molar-refractivity contribution in [3.8, 4) is 0 Å². The van der Waals surface area contributed by atoms with E-state index in [4.69, 9.17) is 0 Å². The Morgan fingerprint density at radius 1 is 1.40 bits per heavy atom. The number of hydrogen-bond acceptors (Lipinski definition) is 4. The zero-order valence-electron chi connectivity index (χ0n) is 9.33. The molecule has 4 heteroatoms. The van der Waals surface area contributed by atoms with E-state index in [1.165, 1.54) is 43.1 Å². The maximum absolute atomic E-state index is 4.61. The van der Waals surface area contributed by atoms with Gasteiger partial charge in [0.2, 0.25) is 0 Å². The Labute approximate surface area is 95.5 Å². The number of thiazole rings is 1. The first kappa shape index (κ1) is 11.0. The summed E-state index contributed by atoms with van der Waals surface area (Å²) in [7, 11) is 1.96. The Bertz CT molecular complexity index is 292. The molecule has 1 aliphatic rings. The minimum atomic E-state index is 0.894. The molecule has 1 aromatic heterocycles. The number of likely N-dealkylation sites (tertiary alicyclic amines) is 1. The average molecular weight is 225 g/mol. The third kappa shape index (κ3) is 3.26. The minimum absolute atomic E-state index is 0.894. The van der Waals surface area contributed by atoms with Gasteiger partial charge in [0, 0.05) is 18.5 Å². The van der Waals surface area contributed by atoms with Gasteiger partial charge in [0.15, 0.2) is 0 Å². The van der Waals surface area contributed by atoms with Crippen molar-refractivity contribution in [3.63, 3.8) is 0 Å². The first-order valence-corrected chi connectivity index (χ1v) is 6.56. The summed E-state index contributed by atoms with van der Waals surface area (Å²) < 4.78 is 0. The van der Waals surface area contributed by atoms with Crippen molar-refractivity contribution in [1.82, 2.24) is 15.2 Å². The van der Waals surface area contributed by atoms with Gasteiger partial charge in [0.1, 0.15) is 5.01 Å². The molecule has 1 aromatic rings. The van der Waals surface area contributed by atoms with Gasteiger partial charge in [-0.2, -0.15) is 0 Å². The third-order valence-electron chi connectivity index (χ3n) is 2.76. The van der Waals surface area contributed by atoms with Gasteiger partial charge in [0.25, 0.3) is 0 Å². The average Bonchev–Trinajstić information content (AvgIpc) is 2.68. The third-order valence-corrected chi connectivity index (χ3v) is 3.66. The van der Waals surface area contributed by atoms with E-state index in [9.17, 15) is 0 Å². The van der Waals surface area contributed by atoms with Crippen molar-refractivity contribution in [1.29, 1.82) is 0 Å². The molecule has 1 aliphatic heterocycles. The summed E-state index contributed by atoms with van der Waals surface area (Å²) in [4.78, 5) is 7.12. The SMILES string of the molecule is CNCc1nc(CN2CCCCC2)cs1. The molecule has 0 amide bonds. The van der Waals surface area contributed by atoms with Crippen molar-refractivity contribution in [3.05, 3.63) is 16.1 Å². The highest BCUT2D eigenvalue weighted by atomic mass is 32.1. The van der Waals surface area contributed by atoms with Gasteiger partial charge in [-0.25, -0.2) is 4.98 Å². The predicted octanol–water partition coefficient (Wildman–Crippen LogP) is 1.85. The smallest absolute Gasteiger partial charge is 0.107 e. The molecular formula is C11H19N3S. The summed E-state index contributed by atoms with van der Waals surface area (Å²) >= 11 is 1.76. The Kier molecular flexibility index (Phi) is 4.11. The van der Waals surface area contributed by atoms with Crippen LogP contribution in [0.1, 0.15) is 30.0 Å². The van der Waals surface area contributed by atoms with Crippen LogP contribution in [0.5, 0.6) is 0 Å². The normalized spacial score (nSPS) is 18.2. The van der Waals surface area contributed by atoms with E-state index in [1.54, 1.807) is 11.3 Å². The molecule has 3 nitrogen and oxygen atoms in total. The van der Waals surface area contributed by atoms with Crippen LogP contribution in [0.2, 0.25) is 0 Å². The van der Waals surface area contributed by atoms with Crippen LogP contribution >= 0.6 is 11.3 Å². The summed E-state index contributed by atoms with van der Waals surface area (Å²) in [5.41, 5.74) is 1.24. The number of nitrogens with one attached hydrogen (secondary N) is 1. The summed E-state index contributed by atoms with van der Waals surface area (Å²) in [5.74, 6) is 0. The maximum atomic E-state index is 4.61. The van der Waals surface area contributed by atoms with Crippen LogP contribution in [-0.4, -0.2) is 30.0 Å². The van der Waals surface area contributed by atoms with Crippen LogP contribution in [0, 0.1) is 0 Å². The molecule has 2 heterocycles. The summed E-state index contributed by atoms with van der Waals surface area (Å²) in [6.07, 6.45) is 4.11. The van der Waals surface area contributed by atoms with Crippen molar-refractivity contribution < 1.29 is 0 Å². The maximum Gasteiger partial charge on any atom is 0.107 e. The van der Waals surface area contributed by atoms with Gasteiger partial charge < -0.3 is 5.32 Å². The van der Waals surface area contributed by atoms with E-state index in [-0.39, 0.29) is 0 Å². The monoisotopic (exact) mass is 225 g/mol. The van der Waals surface area contributed by atoms with Gasteiger partial charge in [-0.1, -0.05) is 6.42 Å². The number of rotatable bonds is 4. The van der Waals surface area contributed by atoms with Crippen LogP contribution in [0.3, 0.4) is 0 Å². The highest BCUT2D eigenvalue weighted by molar-refractivity contribution is 7.09. The largest absolute Gasteiger partial charge is 0.314 e. The van der Waals surface area contributed by atoms with Gasteiger partial charge in [-0.3, -0.25) is 4.90 Å². The fourth-order valence-electron chi connectivity index (χ4n) is 2.00. The lowest BCUT2D eigenvalue weighted by Crippen LogP contribution is -2.29. The fourth-order valence-corrected chi connectivity index (χ4v) is 2.80. The summed E-state index contributed by atoms with van der Waals surface area (Å²) in [5, 5.41) is 6.53. The topological polar surface area (TPSA) is 28.2 Å². The van der Waals surface area contributed by atoms with Gasteiger partial charge in [-0.15, -0.1) is 11.3 Å². The fraction of sp³-hybridized carbons (Fsp3) is 0.727. The van der Waals surface area contributed by atoms with Crippen LogP contribution in [0.15, 0.2) is 5.38 Å². The predicted molar refractivity (Wildman–Crippen MR) is 64.0 cm³/mol. The summed E-state index contributed by atoms with van der Waals surface area (Å²) in [6, 6.07) is 0. The molecule has 0 spiro atoms. The zero-order valence-corrected chi connectivity index (χ0v) is 10.1. The van der Waals surface area contributed by atoms with E-state index in [2.05, 4.69) is 20.6 Å². The molecule has 84 valence electrons. The Hall–Kier alpha value is -0.450. The lowest BCUT2D eigenvalue weighted by Gasteiger charge is -2.25. The van der Waals surface area contributed by atoms with Gasteiger partial charge in [0.05, 0.1) is 5.69 Å². The van der Waals surface area contributed by atoms with Crippen LogP contribution in [0.4, 0.5) is 0 Å². The molecular weight excluding hydrogens is 206 g/mol. The lowest BCUT2D eigenvalue weighted by molar-refractivity contribution is 0.219. The molecule has 0 radical (unpaired) electrons. The quantitative estimate of drug-likeness (QED) is 0.847. The van der Waals surface area contributed by atoms with E-state index in [1.807, 2.05) is 7.05 Å². The van der Waals surface area contributed by atoms with Crippen molar-refractivity contribution in [2.45, 2.75) is 32.4 Å². The molecule has 0 aliphatic carbocycles. The van der Waals surface area contributed by atoms with Crippen molar-refractivity contribution in [2.24, 2.45) is 0 Å². The first-order valence-electron chi connectivity index (χ1n) is 5.69. The second-order valence-electron chi connectivity index (χ2n) is 4.10. The number of aromatic nitrogens is 1. The van der Waals surface area contributed by atoms with E-state index in [0.29, 0.717) is 0 Å². The number of nitrogens with zero attached hydrogens (tertiary/aromatic N) is 2. The van der Waals surface area contributed by atoms with E-state index >= 15 is 0 Å². The lowest BCUT2D eigenvalue weighted by atomic mass is 10.1. The molecule has 0 atom stereocenters. The van der Waals surface area contributed by atoms with E-state index in [0.717, 1.165) is 13.1 Å². The first-order chi connectivity index (χ1) is 7.38. The van der Waals surface area contributed by atoms with Crippen molar-refractivity contribution in [2.75, 3.05) is 20.1 Å². The Morgan fingerprint density at radius 3 is 2.93 bits per heavy atom. The molecule has 15 heavy (non-hydrogen) atoms. The zero-order chi connectivity index (χ0) is 10.5. The second-order valence-corrected chi connectivity index (χ2v) is 5.04. The molecule has 0 saturated carbocycles. The second kappa shape index (κ2) is 5.58. The van der Waals surface area contributed by atoms with Gasteiger partial charge >= 0.3 is 0 Å².